The summed E-state index contributed by atoms with van der Waals surface area (Å²) in [6.45, 7) is 2.61. The van der Waals surface area contributed by atoms with Crippen molar-refractivity contribution in [2.24, 2.45) is 0 Å². The number of phenolic OH excluding ortho intramolecular Hbond substituents is 1. The minimum Gasteiger partial charge on any atom is -0.650 e. The third-order valence-corrected chi connectivity index (χ3v) is 5.88. The van der Waals surface area contributed by atoms with Gasteiger partial charge in [0.05, 0.1) is 17.7 Å². The molecule has 0 aromatic heterocycles. The van der Waals surface area contributed by atoms with E-state index in [0.717, 1.165) is 12.0 Å². The smallest absolute Gasteiger partial charge is 0.650 e. The molecule has 1 aliphatic carbocycles. The van der Waals surface area contributed by atoms with Gasteiger partial charge < -0.3 is 30.9 Å². The Balaban J connectivity index is 0.00000306. The third kappa shape index (κ3) is 4.94. The zero-order chi connectivity index (χ0) is 22.8. The number of Topliss-reactive ketones (excluding diaryl/α,β-unsaturated/α-hetero) is 1. The minimum atomic E-state index is -1.30. The number of para-hydroxylation sites is 1. The summed E-state index contributed by atoms with van der Waals surface area (Å²) < 4.78 is 0. The van der Waals surface area contributed by atoms with Crippen molar-refractivity contribution in [3.05, 3.63) is 76.4 Å². The molecule has 3 atom stereocenters. The molecular weight excluding hydrogens is 417 g/mol. The van der Waals surface area contributed by atoms with Gasteiger partial charge in [-0.3, -0.25) is 9.59 Å². The van der Waals surface area contributed by atoms with Gasteiger partial charge in [-0.15, -0.1) is 0 Å². The van der Waals surface area contributed by atoms with E-state index >= 15 is 0 Å². The predicted octanol–water partition coefficient (Wildman–Crippen LogP) is -0.496. The van der Waals surface area contributed by atoms with Crippen molar-refractivity contribution >= 4 is 17.4 Å². The number of rotatable bonds is 7. The first-order valence-electron chi connectivity index (χ1n) is 10.7. The van der Waals surface area contributed by atoms with E-state index in [1.807, 2.05) is 37.3 Å². The molecule has 1 fully saturated rings. The molecule has 2 aromatic rings. The Morgan fingerprint density at radius 3 is 2.55 bits per heavy atom. The fraction of sp³-hybridized carbons (Fsp3) is 0.333. The second-order valence-corrected chi connectivity index (χ2v) is 8.02. The third-order valence-electron chi connectivity index (χ3n) is 5.88. The average Bonchev–Trinajstić information content (AvgIpc) is 3.25. The first kappa shape index (κ1) is 24.9. The van der Waals surface area contributed by atoms with Crippen LogP contribution in [0.2, 0.25) is 0 Å². The maximum Gasteiger partial charge on any atom is 1.00 e. The number of hydrogen-bond acceptors (Lipinski definition) is 6. The second-order valence-electron chi connectivity index (χ2n) is 8.02. The Hall–Kier alpha value is -2.76. The normalized spacial score (nSPS) is 20.7. The van der Waals surface area contributed by atoms with Crippen LogP contribution in [0.1, 0.15) is 41.7 Å². The molecule has 1 amide bonds. The molecule has 168 valence electrons. The number of amides is 1. The van der Waals surface area contributed by atoms with Crippen molar-refractivity contribution in [1.82, 2.24) is 10.2 Å². The predicted molar refractivity (Wildman–Crippen MR) is 118 cm³/mol. The van der Waals surface area contributed by atoms with Gasteiger partial charge in [-0.2, -0.15) is 0 Å². The largest absolute Gasteiger partial charge is 1.00 e. The zero-order valence-corrected chi connectivity index (χ0v) is 18.7. The number of aliphatic hydroxyl groups is 2. The standard InChI is InChI=1S/C24H26N3O5.Li/c1-2-17(14-7-4-3-5-8-14)25-19-20(23(31)22(19)30)26-18-10-6-9-16(21(18)29)24(32)27-12-11-15(28)13-27;/h3-10,15,17,22,28,30H,2,11-13H2,1H3,(H,25,31)(H,29,32);/q-1;+1/t15-,17+,22?;/m0./s1. The van der Waals surface area contributed by atoms with Crippen LogP contribution in [0.5, 0.6) is 5.75 Å². The van der Waals surface area contributed by atoms with Gasteiger partial charge in [-0.1, -0.05) is 60.8 Å². The van der Waals surface area contributed by atoms with E-state index < -0.39 is 23.9 Å². The van der Waals surface area contributed by atoms with E-state index in [1.165, 1.54) is 17.0 Å². The molecule has 1 unspecified atom stereocenters. The van der Waals surface area contributed by atoms with Gasteiger partial charge in [0.15, 0.2) is 11.9 Å². The Morgan fingerprint density at radius 2 is 1.91 bits per heavy atom. The molecule has 1 heterocycles. The van der Waals surface area contributed by atoms with Gasteiger partial charge in [0.2, 0.25) is 0 Å². The van der Waals surface area contributed by atoms with Gasteiger partial charge in [0.25, 0.3) is 5.91 Å². The molecule has 0 saturated carbocycles. The summed E-state index contributed by atoms with van der Waals surface area (Å²) in [5, 5.41) is 38.1. The van der Waals surface area contributed by atoms with Gasteiger partial charge in [-0.25, -0.2) is 0 Å². The van der Waals surface area contributed by atoms with Crippen LogP contribution in [0.3, 0.4) is 0 Å². The Morgan fingerprint density at radius 1 is 1.18 bits per heavy atom. The molecule has 0 bridgehead atoms. The number of aliphatic hydroxyl groups excluding tert-OH is 2. The summed E-state index contributed by atoms with van der Waals surface area (Å²) in [7, 11) is 0. The summed E-state index contributed by atoms with van der Waals surface area (Å²) >= 11 is 0. The van der Waals surface area contributed by atoms with E-state index in [0.29, 0.717) is 18.7 Å². The van der Waals surface area contributed by atoms with Crippen LogP contribution < -0.4 is 24.2 Å². The molecule has 8 nitrogen and oxygen atoms in total. The van der Waals surface area contributed by atoms with Gasteiger partial charge in [0.1, 0.15) is 5.75 Å². The Kier molecular flexibility index (Phi) is 7.87. The molecule has 4 rings (SSSR count). The monoisotopic (exact) mass is 443 g/mol. The molecule has 9 heteroatoms. The molecule has 1 saturated heterocycles. The van der Waals surface area contributed by atoms with Crippen molar-refractivity contribution in [3.8, 4) is 5.75 Å². The molecule has 0 spiro atoms. The maximum atomic E-state index is 12.7. The SMILES string of the molecule is CC[C@@H](NC1=C([N-]c2cccc(C(=O)N3CC[C@H](O)C3)c2O)C(=O)C1O)c1ccccc1.[Li+]. The molecule has 2 aliphatic rings. The first-order valence-corrected chi connectivity index (χ1v) is 10.7. The van der Waals surface area contributed by atoms with E-state index in [-0.39, 0.29) is 54.1 Å². The van der Waals surface area contributed by atoms with E-state index in [1.54, 1.807) is 6.07 Å². The molecular formula is C24H26LiN3O5. The van der Waals surface area contributed by atoms with Crippen LogP contribution >= 0.6 is 0 Å². The Bertz CT molecular complexity index is 1060. The van der Waals surface area contributed by atoms with Gasteiger partial charge in [-0.05, 0) is 24.5 Å². The van der Waals surface area contributed by atoms with Gasteiger partial charge in [0, 0.05) is 18.8 Å². The first-order chi connectivity index (χ1) is 15.4. The minimum absolute atomic E-state index is 0. The van der Waals surface area contributed by atoms with E-state index in [4.69, 9.17) is 0 Å². The molecule has 0 radical (unpaired) electrons. The topological polar surface area (TPSA) is 124 Å². The van der Waals surface area contributed by atoms with Crippen LogP contribution in [-0.2, 0) is 4.79 Å². The number of benzene rings is 2. The van der Waals surface area contributed by atoms with Crippen LogP contribution in [0.15, 0.2) is 59.9 Å². The number of likely N-dealkylation sites (tertiary alicyclic amines) is 1. The number of phenols is 1. The summed E-state index contributed by atoms with van der Waals surface area (Å²) in [5.41, 5.74) is 1.46. The number of nitrogens with zero attached hydrogens (tertiary/aromatic N) is 2. The molecule has 1 aliphatic heterocycles. The number of carbonyl (C=O) groups is 2. The average molecular weight is 443 g/mol. The number of aromatic hydroxyl groups is 1. The van der Waals surface area contributed by atoms with Crippen molar-refractivity contribution in [1.29, 1.82) is 0 Å². The number of ketones is 1. The van der Waals surface area contributed by atoms with E-state index in [2.05, 4.69) is 10.6 Å². The summed E-state index contributed by atoms with van der Waals surface area (Å²) in [6, 6.07) is 14.1. The van der Waals surface area contributed by atoms with Crippen LogP contribution in [-0.4, -0.2) is 57.2 Å². The van der Waals surface area contributed by atoms with Crippen molar-refractivity contribution in [2.75, 3.05) is 13.1 Å². The summed E-state index contributed by atoms with van der Waals surface area (Å²) in [5.74, 6) is -1.29. The number of nitrogens with one attached hydrogen (secondary N) is 1. The molecule has 4 N–H and O–H groups in total. The molecule has 33 heavy (non-hydrogen) atoms. The summed E-state index contributed by atoms with van der Waals surface area (Å²) in [6.07, 6.45) is -0.661. The van der Waals surface area contributed by atoms with Crippen LogP contribution in [0.25, 0.3) is 5.32 Å². The van der Waals surface area contributed by atoms with Gasteiger partial charge >= 0.3 is 18.9 Å². The van der Waals surface area contributed by atoms with Crippen LogP contribution in [0.4, 0.5) is 5.69 Å². The second kappa shape index (κ2) is 10.4. The number of hydrogen-bond donors (Lipinski definition) is 4. The van der Waals surface area contributed by atoms with Crippen molar-refractivity contribution in [2.45, 2.75) is 38.0 Å². The zero-order valence-electron chi connectivity index (χ0n) is 18.7. The van der Waals surface area contributed by atoms with Crippen LogP contribution in [0, 0.1) is 0 Å². The van der Waals surface area contributed by atoms with Crippen molar-refractivity contribution in [3.63, 3.8) is 0 Å². The summed E-state index contributed by atoms with van der Waals surface area (Å²) in [4.78, 5) is 26.5. The maximum absolute atomic E-state index is 12.7. The van der Waals surface area contributed by atoms with Crippen molar-refractivity contribution < 1.29 is 43.8 Å². The quantitative estimate of drug-likeness (QED) is 0.428. The fourth-order valence-electron chi connectivity index (χ4n) is 4.01. The Labute approximate surface area is 204 Å². The fourth-order valence-corrected chi connectivity index (χ4v) is 4.01. The van der Waals surface area contributed by atoms with E-state index in [9.17, 15) is 24.9 Å². The number of β-amino-alcohol motifs (C(OH)–C–C–N with tert-alkyl or cyclic N) is 1. The number of carbonyl (C=O) groups excluding carboxylic acids is 2. The molecule has 2 aromatic carbocycles.